The number of imide groups is 1. The van der Waals surface area contributed by atoms with Gasteiger partial charge in [-0.1, -0.05) is 60.1 Å². The summed E-state index contributed by atoms with van der Waals surface area (Å²) in [5, 5.41) is 10.2. The quantitative estimate of drug-likeness (QED) is 0.579. The molecule has 1 saturated heterocycles. The summed E-state index contributed by atoms with van der Waals surface area (Å²) in [5.41, 5.74) is 0.273. The van der Waals surface area contributed by atoms with E-state index in [0.29, 0.717) is 22.9 Å². The van der Waals surface area contributed by atoms with E-state index >= 15 is 0 Å². The second-order valence-corrected chi connectivity index (χ2v) is 7.73. The Hall–Kier alpha value is -3.65. The molecule has 4 amide bonds. The van der Waals surface area contributed by atoms with Gasteiger partial charge in [0.1, 0.15) is 17.9 Å². The molecule has 2 heterocycles. The Morgan fingerprint density at radius 2 is 1.81 bits per heavy atom. The van der Waals surface area contributed by atoms with Crippen molar-refractivity contribution in [3.63, 3.8) is 0 Å². The van der Waals surface area contributed by atoms with Gasteiger partial charge in [-0.2, -0.15) is 5.10 Å². The molecule has 1 aromatic heterocycles. The number of hydrogen-bond donors (Lipinski definition) is 2. The van der Waals surface area contributed by atoms with E-state index in [4.69, 9.17) is 11.6 Å². The number of aromatic nitrogens is 2. The van der Waals surface area contributed by atoms with E-state index in [-0.39, 0.29) is 0 Å². The first-order valence-electron chi connectivity index (χ1n) is 9.63. The van der Waals surface area contributed by atoms with Gasteiger partial charge in [0.25, 0.3) is 5.91 Å². The molecule has 31 heavy (non-hydrogen) atoms. The summed E-state index contributed by atoms with van der Waals surface area (Å²) in [6.07, 6.45) is 1.55. The number of rotatable bonds is 6. The first-order valence-corrected chi connectivity index (χ1v) is 10.0. The molecule has 9 heteroatoms. The van der Waals surface area contributed by atoms with Gasteiger partial charge in [0.15, 0.2) is 0 Å². The van der Waals surface area contributed by atoms with Gasteiger partial charge >= 0.3 is 6.03 Å². The van der Waals surface area contributed by atoms with Crippen LogP contribution in [0.3, 0.4) is 0 Å². The van der Waals surface area contributed by atoms with Gasteiger partial charge in [-0.3, -0.25) is 14.5 Å². The molecule has 1 fully saturated rings. The van der Waals surface area contributed by atoms with Gasteiger partial charge in [-0.15, -0.1) is 0 Å². The average Bonchev–Trinajstić information content (AvgIpc) is 3.28. The van der Waals surface area contributed by atoms with Crippen molar-refractivity contribution in [2.75, 3.05) is 11.9 Å². The Kier molecular flexibility index (Phi) is 5.48. The van der Waals surface area contributed by atoms with Crippen LogP contribution in [-0.4, -0.2) is 39.1 Å². The molecule has 0 spiro atoms. The van der Waals surface area contributed by atoms with E-state index in [1.165, 1.54) is 0 Å². The number of carbonyl (C=O) groups excluding carboxylic acids is 3. The lowest BCUT2D eigenvalue weighted by atomic mass is 9.92. The maximum absolute atomic E-state index is 13.0. The van der Waals surface area contributed by atoms with Gasteiger partial charge in [-0.25, -0.2) is 9.48 Å². The predicted octanol–water partition coefficient (Wildman–Crippen LogP) is 2.99. The minimum absolute atomic E-state index is 0.359. The molecule has 1 atom stereocenters. The SMILES string of the molecule is CC1(c2ccccc2)NC(=O)N(CC(=O)Nc2ccnn2Cc2ccccc2Cl)C1=O. The van der Waals surface area contributed by atoms with Crippen LogP contribution in [0, 0.1) is 0 Å². The fourth-order valence-electron chi connectivity index (χ4n) is 3.49. The Labute approximate surface area is 183 Å². The molecule has 4 rings (SSSR count). The maximum Gasteiger partial charge on any atom is 0.325 e. The van der Waals surface area contributed by atoms with Crippen LogP contribution in [0.25, 0.3) is 0 Å². The van der Waals surface area contributed by atoms with E-state index in [2.05, 4.69) is 15.7 Å². The molecular formula is C22H20ClN5O3. The number of urea groups is 1. The number of nitrogens with zero attached hydrogens (tertiary/aromatic N) is 3. The average molecular weight is 438 g/mol. The first-order chi connectivity index (χ1) is 14.9. The lowest BCUT2D eigenvalue weighted by molar-refractivity contribution is -0.133. The molecule has 2 aromatic carbocycles. The van der Waals surface area contributed by atoms with Crippen LogP contribution < -0.4 is 10.6 Å². The summed E-state index contributed by atoms with van der Waals surface area (Å²) in [5.74, 6) is -0.562. The zero-order valence-corrected chi connectivity index (χ0v) is 17.5. The Balaban J connectivity index is 1.45. The van der Waals surface area contributed by atoms with Crippen molar-refractivity contribution in [3.05, 3.63) is 83.0 Å². The second-order valence-electron chi connectivity index (χ2n) is 7.33. The number of halogens is 1. The smallest absolute Gasteiger partial charge is 0.319 e. The summed E-state index contributed by atoms with van der Waals surface area (Å²) < 4.78 is 1.58. The zero-order chi connectivity index (χ0) is 22.0. The van der Waals surface area contributed by atoms with E-state index in [1.54, 1.807) is 54.2 Å². The molecule has 0 radical (unpaired) electrons. The van der Waals surface area contributed by atoms with Gasteiger partial charge in [0.2, 0.25) is 5.91 Å². The highest BCUT2D eigenvalue weighted by Crippen LogP contribution is 2.28. The van der Waals surface area contributed by atoms with E-state index in [0.717, 1.165) is 10.5 Å². The van der Waals surface area contributed by atoms with E-state index in [1.807, 2.05) is 24.3 Å². The molecule has 158 valence electrons. The molecule has 8 nitrogen and oxygen atoms in total. The van der Waals surface area contributed by atoms with Crippen molar-refractivity contribution in [2.45, 2.75) is 19.0 Å². The number of hydrogen-bond acceptors (Lipinski definition) is 4. The summed E-state index contributed by atoms with van der Waals surface area (Å²) in [6.45, 7) is 1.57. The minimum Gasteiger partial charge on any atom is -0.319 e. The molecule has 1 aliphatic heterocycles. The van der Waals surface area contributed by atoms with Gasteiger partial charge in [-0.05, 0) is 24.1 Å². The Morgan fingerprint density at radius 1 is 1.10 bits per heavy atom. The van der Waals surface area contributed by atoms with Crippen LogP contribution in [0.2, 0.25) is 5.02 Å². The van der Waals surface area contributed by atoms with Crippen LogP contribution >= 0.6 is 11.6 Å². The summed E-state index contributed by atoms with van der Waals surface area (Å²) in [7, 11) is 0. The molecule has 0 bridgehead atoms. The summed E-state index contributed by atoms with van der Waals surface area (Å²) in [6, 6.07) is 17.3. The van der Waals surface area contributed by atoms with E-state index < -0.39 is 29.9 Å². The standard InChI is InChI=1S/C22H20ClN5O3/c1-22(16-8-3-2-4-9-16)20(30)27(21(31)26-22)14-19(29)25-18-11-12-24-28(18)13-15-7-5-6-10-17(15)23/h2-12H,13-14H2,1H3,(H,25,29)(H,26,31). The van der Waals surface area contributed by atoms with Crippen LogP contribution in [-0.2, 0) is 21.7 Å². The van der Waals surface area contributed by atoms with E-state index in [9.17, 15) is 14.4 Å². The monoisotopic (exact) mass is 437 g/mol. The fraction of sp³-hybridized carbons (Fsp3) is 0.182. The third-order valence-corrected chi connectivity index (χ3v) is 5.56. The number of amides is 4. The predicted molar refractivity (Wildman–Crippen MR) is 115 cm³/mol. The van der Waals surface area contributed by atoms with Crippen molar-refractivity contribution in [1.82, 2.24) is 20.0 Å². The number of carbonyl (C=O) groups is 3. The van der Waals surface area contributed by atoms with Crippen LogP contribution in [0.15, 0.2) is 66.9 Å². The minimum atomic E-state index is -1.22. The summed E-state index contributed by atoms with van der Waals surface area (Å²) in [4.78, 5) is 38.9. The van der Waals surface area contributed by atoms with Crippen LogP contribution in [0.4, 0.5) is 10.6 Å². The van der Waals surface area contributed by atoms with Gasteiger partial charge < -0.3 is 10.6 Å². The molecule has 1 aliphatic rings. The van der Waals surface area contributed by atoms with Crippen molar-refractivity contribution < 1.29 is 14.4 Å². The third-order valence-electron chi connectivity index (χ3n) is 5.19. The topological polar surface area (TPSA) is 96.3 Å². The number of nitrogens with one attached hydrogen (secondary N) is 2. The molecule has 2 N–H and O–H groups in total. The fourth-order valence-corrected chi connectivity index (χ4v) is 3.68. The highest BCUT2D eigenvalue weighted by atomic mass is 35.5. The third kappa shape index (κ3) is 4.02. The highest BCUT2D eigenvalue weighted by molar-refractivity contribution is 6.31. The lowest BCUT2D eigenvalue weighted by Crippen LogP contribution is -2.42. The number of anilines is 1. The van der Waals surface area contributed by atoms with Gasteiger partial charge in [0, 0.05) is 11.1 Å². The molecule has 1 unspecified atom stereocenters. The summed E-state index contributed by atoms with van der Waals surface area (Å²) >= 11 is 6.20. The lowest BCUT2D eigenvalue weighted by Gasteiger charge is -2.22. The molecule has 3 aromatic rings. The second kappa shape index (κ2) is 8.23. The van der Waals surface area contributed by atoms with Crippen molar-refractivity contribution in [2.24, 2.45) is 0 Å². The van der Waals surface area contributed by atoms with Crippen LogP contribution in [0.1, 0.15) is 18.1 Å². The van der Waals surface area contributed by atoms with Gasteiger partial charge in [0.05, 0.1) is 12.7 Å². The molecular weight excluding hydrogens is 418 g/mol. The van der Waals surface area contributed by atoms with Crippen LogP contribution in [0.5, 0.6) is 0 Å². The van der Waals surface area contributed by atoms with Crippen molar-refractivity contribution >= 4 is 35.3 Å². The Morgan fingerprint density at radius 3 is 2.55 bits per heavy atom. The van der Waals surface area contributed by atoms with Crippen molar-refractivity contribution in [1.29, 1.82) is 0 Å². The molecule has 0 aliphatic carbocycles. The highest BCUT2D eigenvalue weighted by Gasteiger charge is 2.49. The Bertz CT molecular complexity index is 1150. The first kappa shape index (κ1) is 20.6. The largest absolute Gasteiger partial charge is 0.325 e. The number of benzene rings is 2. The normalized spacial score (nSPS) is 18.2. The molecule has 0 saturated carbocycles. The maximum atomic E-state index is 13.0. The van der Waals surface area contributed by atoms with Crippen molar-refractivity contribution in [3.8, 4) is 0 Å². The zero-order valence-electron chi connectivity index (χ0n) is 16.7.